The van der Waals surface area contributed by atoms with Gasteiger partial charge in [-0.3, -0.25) is 9.88 Å². The molecule has 0 radical (unpaired) electrons. The molecular formula is C20H37ClN2OPRu. The summed E-state index contributed by atoms with van der Waals surface area (Å²) in [7, 11) is 4.43. The van der Waals surface area contributed by atoms with Crippen molar-refractivity contribution >= 4 is 24.4 Å². The molecular weight excluding hydrogens is 452 g/mol. The normalized spacial score (nSPS) is 11.5. The molecule has 0 aromatic carbocycles. The molecule has 0 bridgehead atoms. The maximum absolute atomic E-state index is 8.00. The van der Waals surface area contributed by atoms with Crippen LogP contribution in [0, 0.1) is 0 Å². The summed E-state index contributed by atoms with van der Waals surface area (Å²) >= 11 is 1.82. The average molecular weight is 489 g/mol. The SMILES string of the molecule is C=O.CCN(CC)Cc1cccc(CP(C(C)(C)C)C(C)(C)C)n1.[Cl][Ru]. The van der Waals surface area contributed by atoms with E-state index in [1.807, 2.05) is 24.1 Å². The van der Waals surface area contributed by atoms with Gasteiger partial charge in [-0.05, 0) is 35.5 Å². The van der Waals surface area contributed by atoms with Crippen LogP contribution >= 0.6 is 17.6 Å². The first-order valence-corrected chi connectivity index (χ1v) is 12.7. The molecule has 0 unspecified atom stereocenters. The zero-order chi connectivity index (χ0) is 21.0. The summed E-state index contributed by atoms with van der Waals surface area (Å²) in [4.78, 5) is 15.4. The first kappa shape index (κ1) is 28.3. The van der Waals surface area contributed by atoms with E-state index < -0.39 is 0 Å². The van der Waals surface area contributed by atoms with E-state index in [1.54, 1.807) is 0 Å². The molecule has 0 N–H and O–H groups in total. The topological polar surface area (TPSA) is 33.2 Å². The quantitative estimate of drug-likeness (QED) is 0.363. The van der Waals surface area contributed by atoms with Gasteiger partial charge < -0.3 is 4.79 Å². The molecule has 0 saturated carbocycles. The van der Waals surface area contributed by atoms with Gasteiger partial charge in [0.1, 0.15) is 6.79 Å². The van der Waals surface area contributed by atoms with Crippen molar-refractivity contribution in [3.63, 3.8) is 0 Å². The molecule has 1 aromatic heterocycles. The Labute approximate surface area is 177 Å². The first-order valence-electron chi connectivity index (χ1n) is 8.95. The summed E-state index contributed by atoms with van der Waals surface area (Å²) in [5.74, 6) is 0. The van der Waals surface area contributed by atoms with E-state index in [2.05, 4.69) is 88.2 Å². The van der Waals surface area contributed by atoms with Crippen molar-refractivity contribution in [2.45, 2.75) is 78.4 Å². The molecule has 0 saturated heterocycles. The third-order valence-electron chi connectivity index (χ3n) is 4.08. The van der Waals surface area contributed by atoms with Crippen LogP contribution in [0.2, 0.25) is 0 Å². The van der Waals surface area contributed by atoms with Gasteiger partial charge in [0.2, 0.25) is 0 Å². The van der Waals surface area contributed by atoms with Crippen molar-refractivity contribution in [3.05, 3.63) is 29.6 Å². The second kappa shape index (κ2) is 14.2. The number of aromatic nitrogens is 1. The van der Waals surface area contributed by atoms with Crippen LogP contribution in [0.1, 0.15) is 66.8 Å². The van der Waals surface area contributed by atoms with E-state index in [1.165, 1.54) is 11.4 Å². The first-order chi connectivity index (χ1) is 12.1. The molecule has 0 atom stereocenters. The van der Waals surface area contributed by atoms with Crippen LogP contribution in [-0.4, -0.2) is 40.1 Å². The summed E-state index contributed by atoms with van der Waals surface area (Å²) in [6.07, 6.45) is 1.12. The Morgan fingerprint density at radius 1 is 1.00 bits per heavy atom. The predicted molar refractivity (Wildman–Crippen MR) is 114 cm³/mol. The van der Waals surface area contributed by atoms with E-state index >= 15 is 0 Å². The minimum absolute atomic E-state index is 0.135. The zero-order valence-corrected chi connectivity index (χ0v) is 21.1. The van der Waals surface area contributed by atoms with Gasteiger partial charge in [0.25, 0.3) is 0 Å². The molecule has 1 aromatic rings. The van der Waals surface area contributed by atoms with Gasteiger partial charge in [-0.15, -0.1) is 0 Å². The molecule has 26 heavy (non-hydrogen) atoms. The molecule has 0 aliphatic heterocycles. The summed E-state index contributed by atoms with van der Waals surface area (Å²) in [5.41, 5.74) is 2.47. The van der Waals surface area contributed by atoms with E-state index in [0.717, 1.165) is 25.8 Å². The number of nitrogens with zero attached hydrogens (tertiary/aromatic N) is 2. The standard InChI is InChI=1S/C19H35N2P.CH2O.ClH.Ru/c1-9-21(10-2)14-16-12-11-13-17(20-16)15-22(18(3,4)5)19(6,7)8;1-2;;/h11-13H,9-10,14-15H2,1-8H3;1H2;1H;/q;;;+1/p-1. The number of hydrogen-bond donors (Lipinski definition) is 0. The summed E-state index contributed by atoms with van der Waals surface area (Å²) in [6.45, 7) is 23.8. The molecule has 153 valence electrons. The Hall–Kier alpha value is 0.123. The molecule has 6 heteroatoms. The number of halogens is 1. The molecule has 0 spiro atoms. The van der Waals surface area contributed by atoms with Gasteiger partial charge >= 0.3 is 27.0 Å². The van der Waals surface area contributed by atoms with Crippen LogP contribution in [0.5, 0.6) is 0 Å². The van der Waals surface area contributed by atoms with Gasteiger partial charge in [-0.1, -0.05) is 69.4 Å². The Morgan fingerprint density at radius 3 is 1.81 bits per heavy atom. The van der Waals surface area contributed by atoms with Crippen molar-refractivity contribution < 1.29 is 22.1 Å². The fraction of sp³-hybridized carbons (Fsp3) is 0.700. The minimum atomic E-state index is -0.135. The number of hydrogen-bond acceptors (Lipinski definition) is 3. The third kappa shape index (κ3) is 11.1. The zero-order valence-electron chi connectivity index (χ0n) is 17.7. The van der Waals surface area contributed by atoms with Crippen LogP contribution in [0.4, 0.5) is 0 Å². The molecule has 3 nitrogen and oxygen atoms in total. The van der Waals surface area contributed by atoms with E-state index in [9.17, 15) is 0 Å². The molecule has 0 fully saturated rings. The molecule has 0 aliphatic carbocycles. The second-order valence-electron chi connectivity index (χ2n) is 8.01. The summed E-state index contributed by atoms with van der Waals surface area (Å²) in [5, 5.41) is 0.703. The van der Waals surface area contributed by atoms with Gasteiger partial charge in [-0.2, -0.15) is 0 Å². The number of carbonyl (C=O) groups excluding carboxylic acids is 1. The summed E-state index contributed by atoms with van der Waals surface area (Å²) < 4.78 is 0. The predicted octanol–water partition coefficient (Wildman–Crippen LogP) is 6.00. The van der Waals surface area contributed by atoms with Crippen LogP contribution in [0.15, 0.2) is 18.2 Å². The fourth-order valence-corrected chi connectivity index (χ4v) is 6.49. The van der Waals surface area contributed by atoms with Crippen molar-refractivity contribution in [3.8, 4) is 0 Å². The Balaban J connectivity index is 0. The number of pyridine rings is 1. The van der Waals surface area contributed by atoms with Gasteiger partial charge in [0, 0.05) is 18.4 Å². The van der Waals surface area contributed by atoms with Gasteiger partial charge in [0.05, 0.1) is 5.69 Å². The van der Waals surface area contributed by atoms with Crippen molar-refractivity contribution in [1.82, 2.24) is 9.88 Å². The van der Waals surface area contributed by atoms with Crippen LogP contribution < -0.4 is 0 Å². The van der Waals surface area contributed by atoms with Crippen molar-refractivity contribution in [1.29, 1.82) is 0 Å². The second-order valence-corrected chi connectivity index (χ2v) is 11.9. The Kier molecular flexibility index (Phi) is 15.4. The number of rotatable bonds is 6. The third-order valence-corrected chi connectivity index (χ3v) is 7.96. The molecule has 0 amide bonds. The Bertz CT molecular complexity index is 471. The monoisotopic (exact) mass is 489 g/mol. The van der Waals surface area contributed by atoms with Crippen LogP contribution in [-0.2, 0) is 34.8 Å². The summed E-state index contributed by atoms with van der Waals surface area (Å²) in [6, 6.07) is 6.55. The maximum atomic E-state index is 8.00. The van der Waals surface area contributed by atoms with E-state index in [4.69, 9.17) is 9.78 Å². The van der Waals surface area contributed by atoms with Gasteiger partial charge in [-0.25, -0.2) is 0 Å². The molecule has 0 aliphatic rings. The van der Waals surface area contributed by atoms with E-state index in [0.29, 0.717) is 10.3 Å². The molecule has 1 rings (SSSR count). The van der Waals surface area contributed by atoms with Crippen molar-refractivity contribution in [2.75, 3.05) is 13.1 Å². The van der Waals surface area contributed by atoms with E-state index in [-0.39, 0.29) is 7.92 Å². The number of carbonyl (C=O) groups is 1. The van der Waals surface area contributed by atoms with Gasteiger partial charge in [0.15, 0.2) is 0 Å². The molecule has 1 heterocycles. The van der Waals surface area contributed by atoms with Crippen LogP contribution in [0.3, 0.4) is 0 Å². The Morgan fingerprint density at radius 2 is 1.42 bits per heavy atom. The average Bonchev–Trinajstić information content (AvgIpc) is 2.59. The van der Waals surface area contributed by atoms with Crippen molar-refractivity contribution in [2.24, 2.45) is 0 Å². The fourth-order valence-electron chi connectivity index (χ4n) is 3.02. The van der Waals surface area contributed by atoms with Crippen LogP contribution in [0.25, 0.3) is 0 Å².